The van der Waals surface area contributed by atoms with Gasteiger partial charge in [0.25, 0.3) is 0 Å². The average Bonchev–Trinajstić information content (AvgIpc) is 2.78. The zero-order valence-electron chi connectivity index (χ0n) is 12.7. The van der Waals surface area contributed by atoms with Crippen molar-refractivity contribution in [2.75, 3.05) is 26.2 Å². The summed E-state index contributed by atoms with van der Waals surface area (Å²) in [7, 11) is 0. The summed E-state index contributed by atoms with van der Waals surface area (Å²) in [6, 6.07) is 0.897. The quantitative estimate of drug-likeness (QED) is 0.755. The lowest BCUT2D eigenvalue weighted by molar-refractivity contribution is 0.123. The van der Waals surface area contributed by atoms with Gasteiger partial charge in [-0.2, -0.15) is 0 Å². The Labute approximate surface area is 114 Å². The van der Waals surface area contributed by atoms with Gasteiger partial charge in [0, 0.05) is 12.6 Å². The Morgan fingerprint density at radius 3 is 2.56 bits per heavy atom. The third-order valence-electron chi connectivity index (χ3n) is 5.00. The van der Waals surface area contributed by atoms with Gasteiger partial charge in [0.1, 0.15) is 0 Å². The van der Waals surface area contributed by atoms with Crippen LogP contribution in [0, 0.1) is 11.3 Å². The summed E-state index contributed by atoms with van der Waals surface area (Å²) in [5, 5.41) is 3.59. The molecule has 1 heterocycles. The lowest BCUT2D eigenvalue weighted by atomic mass is 9.75. The topological polar surface area (TPSA) is 15.3 Å². The van der Waals surface area contributed by atoms with Crippen molar-refractivity contribution < 1.29 is 0 Å². The van der Waals surface area contributed by atoms with Crippen LogP contribution in [0.25, 0.3) is 0 Å². The van der Waals surface area contributed by atoms with Crippen LogP contribution in [0.1, 0.15) is 59.3 Å². The summed E-state index contributed by atoms with van der Waals surface area (Å²) < 4.78 is 0. The second-order valence-electron chi connectivity index (χ2n) is 7.25. The Bertz CT molecular complexity index is 239. The van der Waals surface area contributed by atoms with E-state index in [4.69, 9.17) is 0 Å². The van der Waals surface area contributed by atoms with Crippen LogP contribution in [0.5, 0.6) is 0 Å². The van der Waals surface area contributed by atoms with Gasteiger partial charge >= 0.3 is 0 Å². The molecule has 18 heavy (non-hydrogen) atoms. The van der Waals surface area contributed by atoms with E-state index in [1.807, 2.05) is 0 Å². The van der Waals surface area contributed by atoms with E-state index in [9.17, 15) is 0 Å². The molecule has 0 radical (unpaired) electrons. The van der Waals surface area contributed by atoms with Crippen LogP contribution in [-0.4, -0.2) is 37.1 Å². The third-order valence-corrected chi connectivity index (χ3v) is 5.00. The molecule has 1 N–H and O–H groups in total. The Balaban J connectivity index is 1.69. The summed E-state index contributed by atoms with van der Waals surface area (Å²) in [6.07, 6.45) is 8.38. The minimum atomic E-state index is 0.609. The van der Waals surface area contributed by atoms with E-state index >= 15 is 0 Å². The lowest BCUT2D eigenvalue weighted by Gasteiger charge is -2.38. The van der Waals surface area contributed by atoms with Gasteiger partial charge in [-0.15, -0.1) is 0 Å². The first-order valence-corrected chi connectivity index (χ1v) is 8.05. The van der Waals surface area contributed by atoms with E-state index in [0.717, 1.165) is 12.0 Å². The van der Waals surface area contributed by atoms with E-state index in [-0.39, 0.29) is 0 Å². The van der Waals surface area contributed by atoms with Gasteiger partial charge in [-0.1, -0.05) is 20.8 Å². The van der Waals surface area contributed by atoms with Crippen molar-refractivity contribution in [2.45, 2.75) is 65.3 Å². The predicted octanol–water partition coefficient (Wildman–Crippen LogP) is 3.28. The molecule has 1 saturated carbocycles. The number of likely N-dealkylation sites (tertiary alicyclic amines) is 1. The monoisotopic (exact) mass is 252 g/mol. The van der Waals surface area contributed by atoms with E-state index in [2.05, 4.69) is 31.0 Å². The molecule has 2 heteroatoms. The number of rotatable bonds is 5. The van der Waals surface area contributed by atoms with Crippen LogP contribution in [0.15, 0.2) is 0 Å². The Morgan fingerprint density at radius 1 is 1.17 bits per heavy atom. The van der Waals surface area contributed by atoms with E-state index in [0.29, 0.717) is 5.41 Å². The van der Waals surface area contributed by atoms with Crippen molar-refractivity contribution >= 4 is 0 Å². The maximum atomic E-state index is 3.59. The van der Waals surface area contributed by atoms with E-state index in [1.165, 1.54) is 64.7 Å². The van der Waals surface area contributed by atoms with Crippen molar-refractivity contribution in [2.24, 2.45) is 11.3 Å². The van der Waals surface area contributed by atoms with Gasteiger partial charge in [-0.3, -0.25) is 0 Å². The van der Waals surface area contributed by atoms with Crippen LogP contribution in [0.3, 0.4) is 0 Å². The highest BCUT2D eigenvalue weighted by Gasteiger charge is 2.33. The lowest BCUT2D eigenvalue weighted by Crippen LogP contribution is -2.39. The fourth-order valence-corrected chi connectivity index (χ4v) is 3.59. The molecule has 0 amide bonds. The molecule has 1 unspecified atom stereocenters. The molecule has 2 aliphatic rings. The molecule has 1 saturated heterocycles. The molecule has 0 bridgehead atoms. The summed E-state index contributed by atoms with van der Waals surface area (Å²) in [5.41, 5.74) is 0.609. The molecule has 0 aromatic heterocycles. The molecule has 1 aliphatic carbocycles. The van der Waals surface area contributed by atoms with E-state index < -0.39 is 0 Å². The molecule has 2 nitrogen and oxygen atoms in total. The largest absolute Gasteiger partial charge is 0.316 e. The molecule has 106 valence electrons. The molecule has 1 aliphatic heterocycles. The smallest absolute Gasteiger partial charge is 0.00957 e. The molecule has 1 atom stereocenters. The van der Waals surface area contributed by atoms with Crippen molar-refractivity contribution in [1.29, 1.82) is 0 Å². The van der Waals surface area contributed by atoms with Crippen LogP contribution in [0.2, 0.25) is 0 Å². The molecule has 0 spiro atoms. The van der Waals surface area contributed by atoms with E-state index in [1.54, 1.807) is 0 Å². The highest BCUT2D eigenvalue weighted by Crippen LogP contribution is 2.38. The molecule has 2 rings (SSSR count). The predicted molar refractivity (Wildman–Crippen MR) is 78.9 cm³/mol. The number of nitrogens with one attached hydrogen (secondary N) is 1. The highest BCUT2D eigenvalue weighted by molar-refractivity contribution is 4.88. The second kappa shape index (κ2) is 6.38. The molecular weight excluding hydrogens is 220 g/mol. The summed E-state index contributed by atoms with van der Waals surface area (Å²) in [6.45, 7) is 12.2. The Hall–Kier alpha value is -0.0800. The van der Waals surface area contributed by atoms with Crippen LogP contribution in [-0.2, 0) is 0 Å². The van der Waals surface area contributed by atoms with Gasteiger partial charge < -0.3 is 10.2 Å². The van der Waals surface area contributed by atoms with Gasteiger partial charge in [-0.05, 0) is 69.5 Å². The fourth-order valence-electron chi connectivity index (χ4n) is 3.59. The van der Waals surface area contributed by atoms with Gasteiger partial charge in [0.15, 0.2) is 0 Å². The molecule has 0 aromatic rings. The van der Waals surface area contributed by atoms with Crippen LogP contribution < -0.4 is 5.32 Å². The normalized spacial score (nSPS) is 29.8. The standard InChI is InChI=1S/C16H32N2/c1-4-10-17-12-14-7-11-18(13-14)15-5-8-16(2,3)9-6-15/h14-15,17H,4-13H2,1-3H3. The first-order valence-electron chi connectivity index (χ1n) is 8.05. The van der Waals surface area contributed by atoms with Crippen molar-refractivity contribution in [3.8, 4) is 0 Å². The first kappa shape index (κ1) is 14.3. The fraction of sp³-hybridized carbons (Fsp3) is 1.00. The molecule has 2 fully saturated rings. The Morgan fingerprint density at radius 2 is 1.89 bits per heavy atom. The van der Waals surface area contributed by atoms with Gasteiger partial charge in [0.05, 0.1) is 0 Å². The average molecular weight is 252 g/mol. The molecular formula is C16H32N2. The van der Waals surface area contributed by atoms with Crippen molar-refractivity contribution in [3.63, 3.8) is 0 Å². The minimum Gasteiger partial charge on any atom is -0.316 e. The number of hydrogen-bond acceptors (Lipinski definition) is 2. The Kier molecular flexibility index (Phi) is 5.08. The number of hydrogen-bond donors (Lipinski definition) is 1. The van der Waals surface area contributed by atoms with Gasteiger partial charge in [0.2, 0.25) is 0 Å². The SMILES string of the molecule is CCCNCC1CCN(C2CCC(C)(C)CC2)C1. The van der Waals surface area contributed by atoms with Crippen molar-refractivity contribution in [3.05, 3.63) is 0 Å². The van der Waals surface area contributed by atoms with Crippen LogP contribution in [0.4, 0.5) is 0 Å². The maximum Gasteiger partial charge on any atom is 0.00957 e. The maximum absolute atomic E-state index is 3.59. The second-order valence-corrected chi connectivity index (χ2v) is 7.25. The summed E-state index contributed by atoms with van der Waals surface area (Å²) in [4.78, 5) is 2.79. The minimum absolute atomic E-state index is 0.609. The zero-order valence-corrected chi connectivity index (χ0v) is 12.7. The summed E-state index contributed by atoms with van der Waals surface area (Å²) >= 11 is 0. The number of nitrogens with zero attached hydrogens (tertiary/aromatic N) is 1. The highest BCUT2D eigenvalue weighted by atomic mass is 15.2. The van der Waals surface area contributed by atoms with Crippen molar-refractivity contribution in [1.82, 2.24) is 10.2 Å². The molecule has 0 aromatic carbocycles. The third kappa shape index (κ3) is 3.96. The van der Waals surface area contributed by atoms with Gasteiger partial charge in [-0.25, -0.2) is 0 Å². The van der Waals surface area contributed by atoms with Crippen LogP contribution >= 0.6 is 0 Å². The first-order chi connectivity index (χ1) is 8.61. The summed E-state index contributed by atoms with van der Waals surface area (Å²) in [5.74, 6) is 0.909. The zero-order chi connectivity index (χ0) is 13.0.